The standard InChI is InChI=1S/C23H33BrO5S/c1-15-20(24)13-17(30-15)11-9-16(29-2)10-12-19-18(21(25)14-22(19)26)7-5-3-4-6-8-23(27)28/h3,5,10,12-13,16,18-19,21-22,25-26H,4,6-9,11,14H2,1-2H3,(H,27,28)/b5-3-,12-10+/t16?,18-,19-,21?,22?/m1/s1. The minimum atomic E-state index is -0.780. The number of aliphatic hydroxyl groups is 2. The van der Waals surface area contributed by atoms with Crippen LogP contribution in [0.5, 0.6) is 0 Å². The van der Waals surface area contributed by atoms with E-state index < -0.39 is 18.2 Å². The Morgan fingerprint density at radius 1 is 1.37 bits per heavy atom. The molecule has 1 aliphatic rings. The highest BCUT2D eigenvalue weighted by atomic mass is 79.9. The summed E-state index contributed by atoms with van der Waals surface area (Å²) in [6, 6.07) is 2.16. The molecule has 7 heteroatoms. The number of carbonyl (C=O) groups is 1. The van der Waals surface area contributed by atoms with Crippen molar-refractivity contribution in [2.75, 3.05) is 7.11 Å². The molecule has 5 atom stereocenters. The van der Waals surface area contributed by atoms with E-state index in [4.69, 9.17) is 9.84 Å². The molecule has 168 valence electrons. The van der Waals surface area contributed by atoms with Crippen LogP contribution in [0.15, 0.2) is 34.8 Å². The molecule has 3 N–H and O–H groups in total. The number of hydrogen-bond acceptors (Lipinski definition) is 5. The Morgan fingerprint density at radius 2 is 2.13 bits per heavy atom. The first-order chi connectivity index (χ1) is 14.3. The minimum Gasteiger partial charge on any atom is -0.481 e. The smallest absolute Gasteiger partial charge is 0.303 e. The Kier molecular flexibility index (Phi) is 10.8. The van der Waals surface area contributed by atoms with Gasteiger partial charge in [0, 0.05) is 40.1 Å². The van der Waals surface area contributed by atoms with E-state index in [0.717, 1.165) is 17.3 Å². The maximum Gasteiger partial charge on any atom is 0.303 e. The Labute approximate surface area is 191 Å². The second-order valence-electron chi connectivity index (χ2n) is 7.92. The van der Waals surface area contributed by atoms with Crippen LogP contribution < -0.4 is 0 Å². The monoisotopic (exact) mass is 500 g/mol. The third kappa shape index (κ3) is 7.93. The number of ether oxygens (including phenoxy) is 1. The van der Waals surface area contributed by atoms with Crippen LogP contribution in [0.25, 0.3) is 0 Å². The van der Waals surface area contributed by atoms with E-state index in [1.807, 2.05) is 24.3 Å². The second-order valence-corrected chi connectivity index (χ2v) is 10.1. The lowest BCUT2D eigenvalue weighted by atomic mass is 9.89. The van der Waals surface area contributed by atoms with E-state index in [2.05, 4.69) is 28.9 Å². The zero-order valence-electron chi connectivity index (χ0n) is 17.7. The molecule has 3 unspecified atom stereocenters. The van der Waals surface area contributed by atoms with Gasteiger partial charge in [-0.25, -0.2) is 0 Å². The molecule has 30 heavy (non-hydrogen) atoms. The summed E-state index contributed by atoms with van der Waals surface area (Å²) in [5, 5.41) is 29.5. The van der Waals surface area contributed by atoms with Gasteiger partial charge in [-0.2, -0.15) is 0 Å². The molecule has 1 fully saturated rings. The predicted molar refractivity (Wildman–Crippen MR) is 124 cm³/mol. The molecule has 0 aliphatic heterocycles. The first-order valence-electron chi connectivity index (χ1n) is 10.5. The van der Waals surface area contributed by atoms with Crippen molar-refractivity contribution in [3.8, 4) is 0 Å². The molecule has 0 spiro atoms. The number of methoxy groups -OCH3 is 1. The van der Waals surface area contributed by atoms with Crippen molar-refractivity contribution in [1.29, 1.82) is 0 Å². The molecular formula is C23H33BrO5S. The average molecular weight is 501 g/mol. The number of carboxylic acids is 1. The number of carboxylic acid groups (broad SMARTS) is 1. The zero-order chi connectivity index (χ0) is 22.1. The molecule has 1 aliphatic carbocycles. The fourth-order valence-corrected chi connectivity index (χ4v) is 5.54. The van der Waals surface area contributed by atoms with Crippen LogP contribution in [0.4, 0.5) is 0 Å². The Balaban J connectivity index is 1.88. The first kappa shape index (κ1) is 25.3. The average Bonchev–Trinajstić information content (AvgIpc) is 3.15. The molecule has 1 aromatic heterocycles. The van der Waals surface area contributed by atoms with Gasteiger partial charge in [0.1, 0.15) is 0 Å². The normalized spacial score (nSPS) is 25.5. The number of aliphatic hydroxyl groups excluding tert-OH is 2. The zero-order valence-corrected chi connectivity index (χ0v) is 20.1. The second kappa shape index (κ2) is 12.8. The molecule has 0 aromatic carbocycles. The van der Waals surface area contributed by atoms with Crippen LogP contribution in [0.2, 0.25) is 0 Å². The predicted octanol–water partition coefficient (Wildman–Crippen LogP) is 4.88. The number of aliphatic carboxylic acids is 1. The van der Waals surface area contributed by atoms with Crippen LogP contribution in [-0.2, 0) is 16.0 Å². The quantitative estimate of drug-likeness (QED) is 0.281. The van der Waals surface area contributed by atoms with Gasteiger partial charge < -0.3 is 20.1 Å². The van der Waals surface area contributed by atoms with Crippen molar-refractivity contribution in [1.82, 2.24) is 0 Å². The molecule has 1 saturated carbocycles. The lowest BCUT2D eigenvalue weighted by Gasteiger charge is -2.20. The van der Waals surface area contributed by atoms with Crippen molar-refractivity contribution in [3.63, 3.8) is 0 Å². The van der Waals surface area contributed by atoms with Crippen LogP contribution in [0.3, 0.4) is 0 Å². The van der Waals surface area contributed by atoms with E-state index >= 15 is 0 Å². The van der Waals surface area contributed by atoms with Gasteiger partial charge in [0.25, 0.3) is 0 Å². The van der Waals surface area contributed by atoms with Gasteiger partial charge in [0.2, 0.25) is 0 Å². The van der Waals surface area contributed by atoms with E-state index in [1.165, 1.54) is 9.75 Å². The molecule has 0 bridgehead atoms. The van der Waals surface area contributed by atoms with Crippen molar-refractivity contribution >= 4 is 33.2 Å². The Hall–Kier alpha value is -0.990. The van der Waals surface area contributed by atoms with Gasteiger partial charge in [-0.3, -0.25) is 4.79 Å². The molecule has 0 amide bonds. The summed E-state index contributed by atoms with van der Waals surface area (Å²) in [6.07, 6.45) is 11.2. The molecule has 0 saturated heterocycles. The summed E-state index contributed by atoms with van der Waals surface area (Å²) in [5.74, 6) is -0.933. The molecular weight excluding hydrogens is 468 g/mol. The van der Waals surface area contributed by atoms with E-state index in [1.54, 1.807) is 18.4 Å². The van der Waals surface area contributed by atoms with E-state index in [-0.39, 0.29) is 24.4 Å². The summed E-state index contributed by atoms with van der Waals surface area (Å²) >= 11 is 5.34. The number of unbranched alkanes of at least 4 members (excludes halogenated alkanes) is 1. The molecule has 5 nitrogen and oxygen atoms in total. The lowest BCUT2D eigenvalue weighted by Crippen LogP contribution is -2.20. The summed E-state index contributed by atoms with van der Waals surface area (Å²) in [5.41, 5.74) is 0. The summed E-state index contributed by atoms with van der Waals surface area (Å²) < 4.78 is 6.76. The van der Waals surface area contributed by atoms with Crippen LogP contribution >= 0.6 is 27.3 Å². The molecule has 0 radical (unpaired) electrons. The van der Waals surface area contributed by atoms with Gasteiger partial charge in [0.15, 0.2) is 0 Å². The summed E-state index contributed by atoms with van der Waals surface area (Å²) in [7, 11) is 1.70. The fraction of sp³-hybridized carbons (Fsp3) is 0.609. The highest BCUT2D eigenvalue weighted by molar-refractivity contribution is 9.10. The summed E-state index contributed by atoms with van der Waals surface area (Å²) in [6.45, 7) is 2.10. The number of halogens is 1. The van der Waals surface area contributed by atoms with Gasteiger partial charge >= 0.3 is 5.97 Å². The maximum absolute atomic E-state index is 10.6. The highest BCUT2D eigenvalue weighted by Gasteiger charge is 2.39. The van der Waals surface area contributed by atoms with Crippen LogP contribution in [0.1, 0.15) is 48.3 Å². The number of aryl methyl sites for hydroxylation is 2. The third-order valence-electron chi connectivity index (χ3n) is 5.69. The first-order valence-corrected chi connectivity index (χ1v) is 12.1. The van der Waals surface area contributed by atoms with Gasteiger partial charge in [0.05, 0.1) is 18.3 Å². The Bertz CT molecular complexity index is 710. The topological polar surface area (TPSA) is 87.0 Å². The third-order valence-corrected chi connectivity index (χ3v) is 7.88. The summed E-state index contributed by atoms with van der Waals surface area (Å²) in [4.78, 5) is 13.1. The fourth-order valence-electron chi connectivity index (χ4n) is 3.92. The van der Waals surface area contributed by atoms with E-state index in [9.17, 15) is 15.0 Å². The highest BCUT2D eigenvalue weighted by Crippen LogP contribution is 2.36. The van der Waals surface area contributed by atoms with E-state index in [0.29, 0.717) is 25.7 Å². The minimum absolute atomic E-state index is 0.0386. The van der Waals surface area contributed by atoms with Crippen molar-refractivity contribution in [3.05, 3.63) is 44.6 Å². The van der Waals surface area contributed by atoms with Gasteiger partial charge in [-0.15, -0.1) is 11.3 Å². The SMILES string of the molecule is COC(/C=C/[C@H]1C(O)CC(O)[C@@H]1C/C=C\CCCC(=O)O)CCc1cc(Br)c(C)s1. The maximum atomic E-state index is 10.6. The number of allylic oxidation sites excluding steroid dienone is 2. The van der Waals surface area contributed by atoms with Crippen LogP contribution in [-0.4, -0.2) is 46.7 Å². The van der Waals surface area contributed by atoms with Crippen molar-refractivity contribution in [2.24, 2.45) is 11.8 Å². The van der Waals surface area contributed by atoms with Crippen molar-refractivity contribution < 1.29 is 24.9 Å². The Morgan fingerprint density at radius 3 is 2.77 bits per heavy atom. The number of thiophene rings is 1. The largest absolute Gasteiger partial charge is 0.481 e. The molecule has 1 heterocycles. The van der Waals surface area contributed by atoms with Crippen molar-refractivity contribution in [2.45, 2.75) is 70.2 Å². The van der Waals surface area contributed by atoms with Gasteiger partial charge in [-0.1, -0.05) is 24.3 Å². The lowest BCUT2D eigenvalue weighted by molar-refractivity contribution is -0.137. The number of hydrogen-bond donors (Lipinski definition) is 3. The van der Waals surface area contributed by atoms with Gasteiger partial charge in [-0.05, 0) is 66.9 Å². The molecule has 2 rings (SSSR count). The van der Waals surface area contributed by atoms with Crippen LogP contribution in [0, 0.1) is 18.8 Å². The number of rotatable bonds is 12. The molecule has 1 aromatic rings.